The number of ether oxygens (including phenoxy) is 1. The molecule has 7 heteroatoms. The van der Waals surface area contributed by atoms with E-state index in [0.29, 0.717) is 34.1 Å². The topological polar surface area (TPSA) is 75.7 Å². The SMILES string of the molecule is CCCCC1CCC(C(=O)Nc2sc(C(=O)N(CC)CC)c(C)c2C(=O)OCC)CC1. The van der Waals surface area contributed by atoms with E-state index in [-0.39, 0.29) is 24.3 Å². The number of amides is 2. The first kappa shape index (κ1) is 25.4. The summed E-state index contributed by atoms with van der Waals surface area (Å²) in [6.45, 7) is 11.0. The first-order valence-electron chi connectivity index (χ1n) is 11.8. The lowest BCUT2D eigenvalue weighted by molar-refractivity contribution is -0.121. The number of esters is 1. The number of anilines is 1. The van der Waals surface area contributed by atoms with Crippen molar-refractivity contribution in [1.29, 1.82) is 0 Å². The summed E-state index contributed by atoms with van der Waals surface area (Å²) in [5.74, 6) is 0.0182. The van der Waals surface area contributed by atoms with E-state index in [9.17, 15) is 14.4 Å². The number of carbonyl (C=O) groups is 3. The molecule has 0 spiro atoms. The molecule has 1 N–H and O–H groups in total. The van der Waals surface area contributed by atoms with Crippen LogP contribution in [0, 0.1) is 18.8 Å². The highest BCUT2D eigenvalue weighted by molar-refractivity contribution is 7.18. The average Bonchev–Trinajstić information content (AvgIpc) is 3.09. The van der Waals surface area contributed by atoms with Gasteiger partial charge in [-0.25, -0.2) is 4.79 Å². The maximum atomic E-state index is 13.0. The second kappa shape index (κ2) is 12.2. The van der Waals surface area contributed by atoms with E-state index in [1.54, 1.807) is 18.7 Å². The van der Waals surface area contributed by atoms with Crippen LogP contribution in [0.25, 0.3) is 0 Å². The molecular formula is C24H38N2O4S. The Balaban J connectivity index is 2.20. The Kier molecular flexibility index (Phi) is 10.0. The summed E-state index contributed by atoms with van der Waals surface area (Å²) < 4.78 is 5.23. The van der Waals surface area contributed by atoms with Gasteiger partial charge in [-0.2, -0.15) is 0 Å². The Morgan fingerprint density at radius 3 is 2.26 bits per heavy atom. The summed E-state index contributed by atoms with van der Waals surface area (Å²) in [4.78, 5) is 40.8. The lowest BCUT2D eigenvalue weighted by Crippen LogP contribution is -2.30. The van der Waals surface area contributed by atoms with Crippen LogP contribution in [-0.4, -0.2) is 42.4 Å². The lowest BCUT2D eigenvalue weighted by atomic mass is 9.79. The first-order chi connectivity index (χ1) is 14.9. The van der Waals surface area contributed by atoms with Gasteiger partial charge in [0.2, 0.25) is 5.91 Å². The van der Waals surface area contributed by atoms with Crippen LogP contribution in [0.3, 0.4) is 0 Å². The fourth-order valence-electron chi connectivity index (χ4n) is 4.33. The minimum absolute atomic E-state index is 0.0442. The van der Waals surface area contributed by atoms with Crippen LogP contribution in [0.2, 0.25) is 0 Å². The largest absolute Gasteiger partial charge is 0.462 e. The molecule has 1 aliphatic rings. The molecule has 1 aromatic heterocycles. The second-order valence-electron chi connectivity index (χ2n) is 8.31. The van der Waals surface area contributed by atoms with Crippen molar-refractivity contribution in [2.24, 2.45) is 11.8 Å². The second-order valence-corrected chi connectivity index (χ2v) is 9.33. The molecule has 1 saturated carbocycles. The number of unbranched alkanes of at least 4 members (excludes halogenated alkanes) is 1. The molecule has 1 heterocycles. The molecule has 1 aromatic rings. The summed E-state index contributed by atoms with van der Waals surface area (Å²) >= 11 is 1.19. The number of nitrogens with zero attached hydrogens (tertiary/aromatic N) is 1. The van der Waals surface area contributed by atoms with E-state index in [4.69, 9.17) is 4.74 Å². The fourth-order valence-corrected chi connectivity index (χ4v) is 5.49. The standard InChI is InChI=1S/C24H38N2O4S/c1-6-10-11-17-12-14-18(15-13-17)21(27)25-22-19(24(29)30-9-4)16(5)20(31-22)23(28)26(7-2)8-3/h17-18H,6-15H2,1-5H3,(H,25,27). The molecule has 0 bridgehead atoms. The summed E-state index contributed by atoms with van der Waals surface area (Å²) in [6, 6.07) is 0. The summed E-state index contributed by atoms with van der Waals surface area (Å²) in [6.07, 6.45) is 7.63. The van der Waals surface area contributed by atoms with Crippen LogP contribution in [0.15, 0.2) is 0 Å². The average molecular weight is 451 g/mol. The molecule has 174 valence electrons. The Labute approximate surface area is 190 Å². The van der Waals surface area contributed by atoms with E-state index < -0.39 is 5.97 Å². The highest BCUT2D eigenvalue weighted by Gasteiger charge is 2.31. The molecule has 31 heavy (non-hydrogen) atoms. The van der Waals surface area contributed by atoms with Gasteiger partial charge >= 0.3 is 5.97 Å². The van der Waals surface area contributed by atoms with Gasteiger partial charge in [0.25, 0.3) is 5.91 Å². The van der Waals surface area contributed by atoms with Crippen LogP contribution in [0.5, 0.6) is 0 Å². The Morgan fingerprint density at radius 2 is 1.71 bits per heavy atom. The van der Waals surface area contributed by atoms with Crippen LogP contribution >= 0.6 is 11.3 Å². The fraction of sp³-hybridized carbons (Fsp3) is 0.708. The molecule has 2 amide bonds. The molecule has 1 aliphatic carbocycles. The van der Waals surface area contributed by atoms with E-state index in [1.807, 2.05) is 13.8 Å². The van der Waals surface area contributed by atoms with Gasteiger partial charge in [-0.05, 0) is 64.9 Å². The Bertz CT molecular complexity index is 762. The molecule has 0 saturated heterocycles. The van der Waals surface area contributed by atoms with Crippen LogP contribution < -0.4 is 5.32 Å². The zero-order valence-corrected chi connectivity index (χ0v) is 20.5. The van der Waals surface area contributed by atoms with Gasteiger partial charge in [-0.3, -0.25) is 9.59 Å². The van der Waals surface area contributed by atoms with Crippen molar-refractivity contribution >= 4 is 34.1 Å². The maximum absolute atomic E-state index is 13.0. The molecule has 2 rings (SSSR count). The molecule has 1 fully saturated rings. The third kappa shape index (κ3) is 6.31. The molecule has 6 nitrogen and oxygen atoms in total. The van der Waals surface area contributed by atoms with E-state index >= 15 is 0 Å². The van der Waals surface area contributed by atoms with Gasteiger partial charge in [0.1, 0.15) is 5.00 Å². The van der Waals surface area contributed by atoms with Crippen molar-refractivity contribution in [3.63, 3.8) is 0 Å². The number of carbonyl (C=O) groups excluding carboxylic acids is 3. The normalized spacial score (nSPS) is 18.5. The minimum Gasteiger partial charge on any atom is -0.462 e. The minimum atomic E-state index is -0.492. The number of nitrogens with one attached hydrogen (secondary N) is 1. The van der Waals surface area contributed by atoms with Gasteiger partial charge in [-0.1, -0.05) is 26.2 Å². The molecule has 0 radical (unpaired) electrons. The highest BCUT2D eigenvalue weighted by Crippen LogP contribution is 2.37. The molecular weight excluding hydrogens is 412 g/mol. The van der Waals surface area contributed by atoms with Crippen molar-refractivity contribution in [3.05, 3.63) is 16.0 Å². The van der Waals surface area contributed by atoms with Crippen LogP contribution in [0.1, 0.15) is 98.2 Å². The Hall–Kier alpha value is -1.89. The first-order valence-corrected chi connectivity index (χ1v) is 12.6. The molecule has 0 aliphatic heterocycles. The molecule has 0 unspecified atom stereocenters. The van der Waals surface area contributed by atoms with Crippen LogP contribution in [-0.2, 0) is 9.53 Å². The molecule has 0 atom stereocenters. The number of thiophene rings is 1. The van der Waals surface area contributed by atoms with Gasteiger partial charge in [-0.15, -0.1) is 11.3 Å². The van der Waals surface area contributed by atoms with Crippen molar-refractivity contribution < 1.29 is 19.1 Å². The van der Waals surface area contributed by atoms with E-state index in [2.05, 4.69) is 12.2 Å². The highest BCUT2D eigenvalue weighted by atomic mass is 32.1. The van der Waals surface area contributed by atoms with Crippen molar-refractivity contribution in [2.75, 3.05) is 25.0 Å². The lowest BCUT2D eigenvalue weighted by Gasteiger charge is -2.27. The number of rotatable bonds is 10. The van der Waals surface area contributed by atoms with Crippen LogP contribution in [0.4, 0.5) is 5.00 Å². The predicted molar refractivity (Wildman–Crippen MR) is 126 cm³/mol. The molecule has 0 aromatic carbocycles. The number of hydrogen-bond donors (Lipinski definition) is 1. The smallest absolute Gasteiger partial charge is 0.341 e. The van der Waals surface area contributed by atoms with Crippen molar-refractivity contribution in [3.8, 4) is 0 Å². The zero-order chi connectivity index (χ0) is 23.0. The predicted octanol–water partition coefficient (Wildman–Crippen LogP) is 5.65. The van der Waals surface area contributed by atoms with E-state index in [0.717, 1.165) is 31.6 Å². The van der Waals surface area contributed by atoms with Crippen molar-refractivity contribution in [1.82, 2.24) is 4.90 Å². The van der Waals surface area contributed by atoms with E-state index in [1.165, 1.54) is 30.6 Å². The monoisotopic (exact) mass is 450 g/mol. The summed E-state index contributed by atoms with van der Waals surface area (Å²) in [5.41, 5.74) is 0.895. The summed E-state index contributed by atoms with van der Waals surface area (Å²) in [5, 5.41) is 3.41. The van der Waals surface area contributed by atoms with Gasteiger partial charge < -0.3 is 15.0 Å². The van der Waals surface area contributed by atoms with Gasteiger partial charge in [0.15, 0.2) is 0 Å². The maximum Gasteiger partial charge on any atom is 0.341 e. The summed E-state index contributed by atoms with van der Waals surface area (Å²) in [7, 11) is 0. The quantitative estimate of drug-likeness (QED) is 0.467. The zero-order valence-electron chi connectivity index (χ0n) is 19.7. The third-order valence-corrected chi connectivity index (χ3v) is 7.49. The van der Waals surface area contributed by atoms with Crippen molar-refractivity contribution in [2.45, 2.75) is 79.6 Å². The number of hydrogen-bond acceptors (Lipinski definition) is 5. The Morgan fingerprint density at radius 1 is 1.06 bits per heavy atom. The third-order valence-electron chi connectivity index (χ3n) is 6.29. The van der Waals surface area contributed by atoms with Gasteiger partial charge in [0.05, 0.1) is 17.0 Å². The van der Waals surface area contributed by atoms with Gasteiger partial charge in [0, 0.05) is 19.0 Å².